The van der Waals surface area contributed by atoms with Gasteiger partial charge in [-0.15, -0.1) is 0 Å². The van der Waals surface area contributed by atoms with Gasteiger partial charge in [-0.1, -0.05) is 12.1 Å². The number of likely N-dealkylation sites (tertiary alicyclic amines) is 1. The molecule has 0 radical (unpaired) electrons. The van der Waals surface area contributed by atoms with E-state index in [9.17, 15) is 9.90 Å². The van der Waals surface area contributed by atoms with E-state index in [-0.39, 0.29) is 5.91 Å². The Labute approximate surface area is 114 Å². The van der Waals surface area contributed by atoms with Gasteiger partial charge in [0.15, 0.2) is 0 Å². The number of hydrogen-bond acceptors (Lipinski definition) is 3. The highest BCUT2D eigenvalue weighted by molar-refractivity contribution is 5.94. The quantitative estimate of drug-likeness (QED) is 0.859. The molecule has 0 spiro atoms. The van der Waals surface area contributed by atoms with Crippen LogP contribution in [0.15, 0.2) is 24.3 Å². The van der Waals surface area contributed by atoms with Gasteiger partial charge in [0, 0.05) is 18.7 Å². The Kier molecular flexibility index (Phi) is 4.22. The third kappa shape index (κ3) is 3.55. The maximum absolute atomic E-state index is 12.4. The van der Waals surface area contributed by atoms with Gasteiger partial charge >= 0.3 is 0 Å². The number of carbonyl (C=O) groups excluding carboxylic acids is 1. The number of nitrogens with zero attached hydrogens (tertiary/aromatic N) is 1. The van der Waals surface area contributed by atoms with E-state index in [0.717, 1.165) is 12.0 Å². The third-order valence-electron chi connectivity index (χ3n) is 3.73. The number of aliphatic hydroxyl groups is 1. The zero-order valence-corrected chi connectivity index (χ0v) is 11.4. The van der Waals surface area contributed by atoms with Gasteiger partial charge in [0.2, 0.25) is 0 Å². The second-order valence-electron chi connectivity index (χ2n) is 5.53. The minimum absolute atomic E-state index is 0.0503. The molecule has 1 amide bonds. The molecule has 3 N–H and O–H groups in total. The second-order valence-corrected chi connectivity index (χ2v) is 5.53. The van der Waals surface area contributed by atoms with E-state index < -0.39 is 5.60 Å². The van der Waals surface area contributed by atoms with Crippen LogP contribution in [-0.2, 0) is 6.42 Å². The van der Waals surface area contributed by atoms with Crippen molar-refractivity contribution in [1.82, 2.24) is 4.90 Å². The van der Waals surface area contributed by atoms with E-state index in [1.54, 1.807) is 0 Å². The Hall–Kier alpha value is -1.39. The van der Waals surface area contributed by atoms with E-state index >= 15 is 0 Å². The number of benzene rings is 1. The molecule has 1 saturated heterocycles. The molecule has 0 unspecified atom stereocenters. The minimum Gasteiger partial charge on any atom is -0.390 e. The van der Waals surface area contributed by atoms with Crippen molar-refractivity contribution in [3.8, 4) is 0 Å². The summed E-state index contributed by atoms with van der Waals surface area (Å²) < 4.78 is 0. The predicted molar refractivity (Wildman–Crippen MR) is 75.0 cm³/mol. The first-order valence-electron chi connectivity index (χ1n) is 6.82. The Morgan fingerprint density at radius 1 is 1.42 bits per heavy atom. The molecular formula is C15H22N2O2. The normalized spacial score (nSPS) is 18.4. The van der Waals surface area contributed by atoms with E-state index in [1.807, 2.05) is 36.1 Å². The van der Waals surface area contributed by atoms with Crippen LogP contribution >= 0.6 is 0 Å². The van der Waals surface area contributed by atoms with Crippen molar-refractivity contribution in [1.29, 1.82) is 0 Å². The van der Waals surface area contributed by atoms with Crippen LogP contribution in [0, 0.1) is 0 Å². The molecule has 1 aromatic rings. The van der Waals surface area contributed by atoms with Crippen LogP contribution in [0.2, 0.25) is 0 Å². The standard InChI is InChI=1S/C15H22N2O2/c1-15(19)6-9-17(10-7-15)14(18)13-4-2-3-12(11-13)5-8-16/h2-4,11,19H,5-10,16H2,1H3. The molecule has 0 bridgehead atoms. The highest BCUT2D eigenvalue weighted by Gasteiger charge is 2.29. The molecule has 1 aromatic carbocycles. The van der Waals surface area contributed by atoms with Crippen molar-refractivity contribution in [2.45, 2.75) is 31.8 Å². The molecule has 1 heterocycles. The summed E-state index contributed by atoms with van der Waals surface area (Å²) in [5.41, 5.74) is 6.72. The minimum atomic E-state index is -0.627. The number of rotatable bonds is 3. The first-order valence-corrected chi connectivity index (χ1v) is 6.82. The number of hydrogen-bond donors (Lipinski definition) is 2. The monoisotopic (exact) mass is 262 g/mol. The maximum atomic E-state index is 12.4. The highest BCUT2D eigenvalue weighted by Crippen LogP contribution is 2.22. The van der Waals surface area contributed by atoms with Crippen molar-refractivity contribution >= 4 is 5.91 Å². The van der Waals surface area contributed by atoms with Gasteiger partial charge in [0.1, 0.15) is 0 Å². The first-order chi connectivity index (χ1) is 9.02. The first kappa shape index (κ1) is 14.0. The molecule has 1 aliphatic rings. The molecule has 0 aliphatic carbocycles. The van der Waals surface area contributed by atoms with Gasteiger partial charge in [-0.2, -0.15) is 0 Å². The van der Waals surface area contributed by atoms with Crippen molar-refractivity contribution in [3.63, 3.8) is 0 Å². The van der Waals surface area contributed by atoms with Gasteiger partial charge in [0.25, 0.3) is 5.91 Å². The summed E-state index contributed by atoms with van der Waals surface area (Å²) >= 11 is 0. The molecule has 0 saturated carbocycles. The maximum Gasteiger partial charge on any atom is 0.253 e. The van der Waals surface area contributed by atoms with E-state index in [1.165, 1.54) is 0 Å². The zero-order valence-electron chi connectivity index (χ0n) is 11.4. The molecule has 2 rings (SSSR count). The van der Waals surface area contributed by atoms with Gasteiger partial charge < -0.3 is 15.7 Å². The lowest BCUT2D eigenvalue weighted by molar-refractivity contribution is -0.00202. The van der Waals surface area contributed by atoms with E-state index in [4.69, 9.17) is 5.73 Å². The summed E-state index contributed by atoms with van der Waals surface area (Å²) in [6, 6.07) is 7.65. The van der Waals surface area contributed by atoms with Crippen LogP contribution in [0.5, 0.6) is 0 Å². The SMILES string of the molecule is CC1(O)CCN(C(=O)c2cccc(CCN)c2)CC1. The van der Waals surface area contributed by atoms with Crippen LogP contribution in [0.1, 0.15) is 35.7 Å². The third-order valence-corrected chi connectivity index (χ3v) is 3.73. The van der Waals surface area contributed by atoms with Crippen LogP contribution in [-0.4, -0.2) is 41.1 Å². The van der Waals surface area contributed by atoms with E-state index in [0.29, 0.717) is 38.0 Å². The Morgan fingerprint density at radius 2 is 2.11 bits per heavy atom. The molecule has 19 heavy (non-hydrogen) atoms. The van der Waals surface area contributed by atoms with Gasteiger partial charge in [-0.3, -0.25) is 4.79 Å². The Balaban J connectivity index is 2.05. The lowest BCUT2D eigenvalue weighted by Crippen LogP contribution is -2.45. The molecule has 4 nitrogen and oxygen atoms in total. The topological polar surface area (TPSA) is 66.6 Å². The smallest absolute Gasteiger partial charge is 0.253 e. The average Bonchev–Trinajstić information content (AvgIpc) is 2.39. The van der Waals surface area contributed by atoms with Crippen molar-refractivity contribution < 1.29 is 9.90 Å². The number of carbonyl (C=O) groups is 1. The summed E-state index contributed by atoms with van der Waals surface area (Å²) in [7, 11) is 0. The van der Waals surface area contributed by atoms with E-state index in [2.05, 4.69) is 0 Å². The second kappa shape index (κ2) is 5.72. The molecule has 4 heteroatoms. The summed E-state index contributed by atoms with van der Waals surface area (Å²) in [5, 5.41) is 9.91. The summed E-state index contributed by atoms with van der Waals surface area (Å²) in [5.74, 6) is 0.0503. The van der Waals surface area contributed by atoms with Gasteiger partial charge in [-0.25, -0.2) is 0 Å². The van der Waals surface area contributed by atoms with Gasteiger partial charge in [0.05, 0.1) is 5.60 Å². The van der Waals surface area contributed by atoms with Crippen molar-refractivity contribution in [2.24, 2.45) is 5.73 Å². The lowest BCUT2D eigenvalue weighted by Gasteiger charge is -2.35. The molecule has 0 aromatic heterocycles. The molecule has 104 valence electrons. The summed E-state index contributed by atoms with van der Waals surface area (Å²) in [6.07, 6.45) is 2.07. The lowest BCUT2D eigenvalue weighted by atomic mass is 9.93. The summed E-state index contributed by atoms with van der Waals surface area (Å²) in [6.45, 7) is 3.65. The van der Waals surface area contributed by atoms with Crippen LogP contribution < -0.4 is 5.73 Å². The van der Waals surface area contributed by atoms with Crippen molar-refractivity contribution in [3.05, 3.63) is 35.4 Å². The van der Waals surface area contributed by atoms with Gasteiger partial charge in [-0.05, 0) is 50.4 Å². The largest absolute Gasteiger partial charge is 0.390 e. The molecule has 1 aliphatic heterocycles. The molecule has 1 fully saturated rings. The summed E-state index contributed by atoms with van der Waals surface area (Å²) in [4.78, 5) is 14.2. The van der Waals surface area contributed by atoms with Crippen LogP contribution in [0.25, 0.3) is 0 Å². The molecule has 0 atom stereocenters. The van der Waals surface area contributed by atoms with Crippen molar-refractivity contribution in [2.75, 3.05) is 19.6 Å². The molecular weight excluding hydrogens is 240 g/mol. The van der Waals surface area contributed by atoms with Crippen LogP contribution in [0.4, 0.5) is 0 Å². The Bertz CT molecular complexity index is 447. The Morgan fingerprint density at radius 3 is 2.74 bits per heavy atom. The zero-order chi connectivity index (χ0) is 13.9. The fourth-order valence-electron chi connectivity index (χ4n) is 2.40. The predicted octanol–water partition coefficient (Wildman–Crippen LogP) is 1.17. The average molecular weight is 262 g/mol. The number of piperidine rings is 1. The number of amides is 1. The van der Waals surface area contributed by atoms with Crippen LogP contribution in [0.3, 0.4) is 0 Å². The number of nitrogens with two attached hydrogens (primary N) is 1. The fraction of sp³-hybridized carbons (Fsp3) is 0.533. The fourth-order valence-corrected chi connectivity index (χ4v) is 2.40. The highest BCUT2D eigenvalue weighted by atomic mass is 16.3.